The summed E-state index contributed by atoms with van der Waals surface area (Å²) in [5.41, 5.74) is 5.69. The minimum absolute atomic E-state index is 0.313. The lowest BCUT2D eigenvalue weighted by Gasteiger charge is -2.35. The first-order valence-electron chi connectivity index (χ1n) is 12.5. The molecule has 4 heterocycles. The third kappa shape index (κ3) is 4.23. The van der Waals surface area contributed by atoms with Gasteiger partial charge in [-0.1, -0.05) is 29.3 Å². The number of fused-ring (bicyclic) bond motifs is 3. The predicted molar refractivity (Wildman–Crippen MR) is 149 cm³/mol. The molecule has 10 heteroatoms. The molecule has 37 heavy (non-hydrogen) atoms. The van der Waals surface area contributed by atoms with E-state index in [4.69, 9.17) is 28.2 Å². The number of aryl methyl sites for hydroxylation is 2. The molecule has 0 unspecified atom stereocenters. The van der Waals surface area contributed by atoms with Crippen LogP contribution in [0.1, 0.15) is 45.8 Å². The van der Waals surface area contributed by atoms with E-state index in [1.165, 1.54) is 21.6 Å². The van der Waals surface area contributed by atoms with E-state index in [2.05, 4.69) is 46.6 Å². The van der Waals surface area contributed by atoms with Crippen molar-refractivity contribution in [3.8, 4) is 0 Å². The normalized spacial score (nSPS) is 17.5. The van der Waals surface area contributed by atoms with Gasteiger partial charge in [0.2, 0.25) is 11.9 Å². The number of nitrogens with zero attached hydrogens (tertiary/aromatic N) is 5. The Morgan fingerprint density at radius 3 is 2.49 bits per heavy atom. The molecule has 8 nitrogen and oxygen atoms in total. The van der Waals surface area contributed by atoms with Crippen molar-refractivity contribution in [2.75, 3.05) is 41.3 Å². The van der Waals surface area contributed by atoms with Crippen molar-refractivity contribution in [1.29, 1.82) is 0 Å². The molecule has 1 fully saturated rings. The second-order valence-electron chi connectivity index (χ2n) is 9.65. The molecule has 3 aliphatic rings. The summed E-state index contributed by atoms with van der Waals surface area (Å²) >= 11 is 12.9. The first-order chi connectivity index (χ1) is 17.9. The smallest absolute Gasteiger partial charge is 0.270 e. The first kappa shape index (κ1) is 24.2. The van der Waals surface area contributed by atoms with E-state index in [9.17, 15) is 4.79 Å². The first-order valence-corrected chi connectivity index (χ1v) is 13.2. The lowest BCUT2D eigenvalue weighted by atomic mass is 9.84. The molecule has 0 atom stereocenters. The van der Waals surface area contributed by atoms with Crippen molar-refractivity contribution in [3.05, 3.63) is 68.8 Å². The maximum atomic E-state index is 13.6. The summed E-state index contributed by atoms with van der Waals surface area (Å²) in [5, 5.41) is 7.54. The van der Waals surface area contributed by atoms with Gasteiger partial charge in [0.05, 0.1) is 22.3 Å². The van der Waals surface area contributed by atoms with Crippen molar-refractivity contribution < 1.29 is 4.79 Å². The number of rotatable bonds is 4. The molecule has 0 saturated carbocycles. The van der Waals surface area contributed by atoms with E-state index in [0.717, 1.165) is 31.6 Å². The number of aliphatic imine (C=N–C) groups is 1. The van der Waals surface area contributed by atoms with Crippen LogP contribution in [0.2, 0.25) is 10.0 Å². The van der Waals surface area contributed by atoms with Crippen LogP contribution in [0.5, 0.6) is 0 Å². The lowest BCUT2D eigenvalue weighted by Crippen LogP contribution is -2.51. The van der Waals surface area contributed by atoms with Gasteiger partial charge in [0, 0.05) is 18.4 Å². The number of guanidine groups is 1. The number of carbonyl (C=O) groups excluding carboxylic acids is 1. The Bertz CT molecular complexity index is 1390. The fourth-order valence-corrected chi connectivity index (χ4v) is 6.23. The van der Waals surface area contributed by atoms with Crippen molar-refractivity contribution in [3.63, 3.8) is 0 Å². The topological polar surface area (TPSA) is 85.8 Å². The largest absolute Gasteiger partial charge is 0.324 e. The molecule has 190 valence electrons. The molecule has 2 aromatic carbocycles. The van der Waals surface area contributed by atoms with E-state index >= 15 is 0 Å². The summed E-state index contributed by atoms with van der Waals surface area (Å²) in [6, 6.07) is 9.46. The van der Waals surface area contributed by atoms with Gasteiger partial charge in [-0.3, -0.25) is 14.7 Å². The number of amides is 1. The van der Waals surface area contributed by atoms with Crippen molar-refractivity contribution in [2.45, 2.75) is 32.6 Å². The Kier molecular flexibility index (Phi) is 6.26. The quantitative estimate of drug-likeness (QED) is 0.462. The average molecular weight is 536 g/mol. The van der Waals surface area contributed by atoms with Gasteiger partial charge in [0.1, 0.15) is 5.56 Å². The van der Waals surface area contributed by atoms with Crippen LogP contribution < -0.4 is 20.4 Å². The van der Waals surface area contributed by atoms with Gasteiger partial charge in [-0.25, -0.2) is 9.88 Å². The number of hydrogen-bond acceptors (Lipinski definition) is 7. The van der Waals surface area contributed by atoms with Gasteiger partial charge in [-0.15, -0.1) is 0 Å². The molecule has 0 bridgehead atoms. The Hall–Kier alpha value is -3.20. The predicted octanol–water partition coefficient (Wildman–Crippen LogP) is 5.45. The van der Waals surface area contributed by atoms with Gasteiger partial charge in [-0.05, 0) is 86.7 Å². The summed E-state index contributed by atoms with van der Waals surface area (Å²) in [7, 11) is 0. The number of aromatic nitrogens is 2. The summed E-state index contributed by atoms with van der Waals surface area (Å²) < 4.78 is 0. The SMILES string of the molecule is Cc1cc(Nc2ncc3c(n2)N2CCN=C2N(c2c(Cl)cccc2Cl)C3=O)cc(C)c1C1CCNCC1. The molecule has 0 spiro atoms. The highest BCUT2D eigenvalue weighted by Crippen LogP contribution is 2.40. The summed E-state index contributed by atoms with van der Waals surface area (Å²) in [4.78, 5) is 30.8. The number of carbonyl (C=O) groups is 1. The second kappa shape index (κ2) is 9.59. The Labute approximate surface area is 225 Å². The highest BCUT2D eigenvalue weighted by atomic mass is 35.5. The number of piperidine rings is 1. The highest BCUT2D eigenvalue weighted by Gasteiger charge is 2.41. The second-order valence-corrected chi connectivity index (χ2v) is 10.5. The number of halogens is 2. The zero-order valence-electron chi connectivity index (χ0n) is 20.7. The number of anilines is 4. The third-order valence-corrected chi connectivity index (χ3v) is 7.84. The van der Waals surface area contributed by atoms with Crippen LogP contribution in [-0.4, -0.2) is 48.0 Å². The maximum absolute atomic E-state index is 13.6. The molecular formula is C27H27Cl2N7O. The van der Waals surface area contributed by atoms with Crippen LogP contribution >= 0.6 is 23.2 Å². The molecular weight excluding hydrogens is 509 g/mol. The van der Waals surface area contributed by atoms with Gasteiger partial charge in [0.15, 0.2) is 5.82 Å². The van der Waals surface area contributed by atoms with Crippen LogP contribution in [0.25, 0.3) is 0 Å². The molecule has 3 aliphatic heterocycles. The lowest BCUT2D eigenvalue weighted by molar-refractivity contribution is 0.1000. The highest BCUT2D eigenvalue weighted by molar-refractivity contribution is 6.43. The summed E-state index contributed by atoms with van der Waals surface area (Å²) in [6.07, 6.45) is 3.88. The Morgan fingerprint density at radius 2 is 1.78 bits per heavy atom. The van der Waals surface area contributed by atoms with Gasteiger partial charge >= 0.3 is 0 Å². The zero-order valence-corrected chi connectivity index (χ0v) is 22.2. The van der Waals surface area contributed by atoms with Crippen molar-refractivity contribution >= 4 is 58.2 Å². The minimum atomic E-state index is -0.313. The van der Waals surface area contributed by atoms with E-state index in [1.807, 2.05) is 4.90 Å². The Balaban J connectivity index is 1.32. The summed E-state index contributed by atoms with van der Waals surface area (Å²) in [6.45, 7) is 7.59. The molecule has 1 amide bonds. The fraction of sp³-hybridized carbons (Fsp3) is 0.333. The molecule has 3 aromatic rings. The van der Waals surface area contributed by atoms with Gasteiger partial charge in [-0.2, -0.15) is 4.98 Å². The number of nitrogens with one attached hydrogen (secondary N) is 2. The minimum Gasteiger partial charge on any atom is -0.324 e. The van der Waals surface area contributed by atoms with Crippen LogP contribution in [0.4, 0.5) is 23.1 Å². The van der Waals surface area contributed by atoms with Crippen LogP contribution in [0, 0.1) is 13.8 Å². The Morgan fingerprint density at radius 1 is 1.08 bits per heavy atom. The van der Waals surface area contributed by atoms with Crippen molar-refractivity contribution in [1.82, 2.24) is 15.3 Å². The molecule has 2 N–H and O–H groups in total. The summed E-state index contributed by atoms with van der Waals surface area (Å²) in [5.74, 6) is 1.69. The maximum Gasteiger partial charge on any atom is 0.270 e. The van der Waals surface area contributed by atoms with Crippen molar-refractivity contribution in [2.24, 2.45) is 4.99 Å². The van der Waals surface area contributed by atoms with E-state index in [-0.39, 0.29) is 5.91 Å². The molecule has 6 rings (SSSR count). The van der Waals surface area contributed by atoms with Crippen LogP contribution in [0.15, 0.2) is 41.5 Å². The number of hydrogen-bond donors (Lipinski definition) is 2. The average Bonchev–Trinajstić information content (AvgIpc) is 3.36. The van der Waals surface area contributed by atoms with Crippen LogP contribution in [0.3, 0.4) is 0 Å². The third-order valence-electron chi connectivity index (χ3n) is 7.23. The fourth-order valence-electron chi connectivity index (χ4n) is 5.66. The number of benzene rings is 2. The molecule has 1 saturated heterocycles. The standard InChI is InChI=1S/C27H27Cl2N7O/c1-15-12-18(13-16(2)22(15)17-6-8-30-9-7-17)33-26-32-14-19-24(34-26)35-11-10-31-27(35)36(25(19)37)23-20(28)4-3-5-21(23)29/h3-5,12-14,17,30H,6-11H2,1-2H3,(H,32,33,34). The van der Waals surface area contributed by atoms with E-state index < -0.39 is 0 Å². The molecule has 0 aliphatic carbocycles. The molecule has 1 aromatic heterocycles. The molecule has 0 radical (unpaired) electrons. The van der Waals surface area contributed by atoms with Gasteiger partial charge in [0.25, 0.3) is 5.91 Å². The van der Waals surface area contributed by atoms with Gasteiger partial charge < -0.3 is 10.6 Å². The zero-order chi connectivity index (χ0) is 25.7. The van der Waals surface area contributed by atoms with Crippen LogP contribution in [-0.2, 0) is 0 Å². The monoisotopic (exact) mass is 535 g/mol. The van der Waals surface area contributed by atoms with E-state index in [1.54, 1.807) is 24.4 Å². The van der Waals surface area contributed by atoms with E-state index in [0.29, 0.717) is 58.0 Å². The number of para-hydroxylation sites is 1.